The van der Waals surface area contributed by atoms with Gasteiger partial charge in [-0.3, -0.25) is 4.79 Å². The Labute approximate surface area is 213 Å². The van der Waals surface area contributed by atoms with Crippen LogP contribution in [0.25, 0.3) is 27.7 Å². The van der Waals surface area contributed by atoms with E-state index in [-0.39, 0.29) is 18.4 Å². The van der Waals surface area contributed by atoms with E-state index in [0.717, 1.165) is 32.5 Å². The minimum atomic E-state index is -0.660. The molecule has 3 aromatic rings. The first-order valence-corrected chi connectivity index (χ1v) is 12.5. The minimum Gasteiger partial charge on any atom is -0.442 e. The van der Waals surface area contributed by atoms with Gasteiger partial charge in [0, 0.05) is 39.4 Å². The molecule has 2 N–H and O–H groups in total. The van der Waals surface area contributed by atoms with Crippen molar-refractivity contribution in [2.45, 2.75) is 39.3 Å². The number of carbonyl (C=O) groups is 2. The molecule has 184 valence electrons. The van der Waals surface area contributed by atoms with Gasteiger partial charge in [-0.25, -0.2) is 4.79 Å². The molecule has 3 heterocycles. The molecule has 2 atom stereocenters. The first-order chi connectivity index (χ1) is 17.0. The average molecular weight is 502 g/mol. The second kappa shape index (κ2) is 8.43. The van der Waals surface area contributed by atoms with Gasteiger partial charge in [0.15, 0.2) is 0 Å². The summed E-state index contributed by atoms with van der Waals surface area (Å²) in [6, 6.07) is 9.37. The zero-order valence-corrected chi connectivity index (χ0v) is 21.5. The molecule has 0 saturated carbocycles. The lowest BCUT2D eigenvalue weighted by Gasteiger charge is -2.33. The molecule has 0 spiro atoms. The van der Waals surface area contributed by atoms with Crippen LogP contribution in [0.5, 0.6) is 0 Å². The van der Waals surface area contributed by atoms with E-state index in [2.05, 4.69) is 11.7 Å². The third-order valence-electron chi connectivity index (χ3n) is 6.45. The van der Waals surface area contributed by atoms with Crippen molar-refractivity contribution in [1.29, 1.82) is 5.26 Å². The van der Waals surface area contributed by atoms with Gasteiger partial charge in [0.2, 0.25) is 5.91 Å². The molecule has 1 aromatic carbocycles. The number of likely N-dealkylation sites (tertiary alicyclic amines) is 1. The number of thiophene rings is 1. The van der Waals surface area contributed by atoms with E-state index in [1.54, 1.807) is 16.2 Å². The molecule has 9 heteroatoms. The smallest absolute Gasteiger partial charge is 0.435 e. The van der Waals surface area contributed by atoms with Gasteiger partial charge in [-0.05, 0) is 62.6 Å². The molecule has 2 aromatic heterocycles. The summed E-state index contributed by atoms with van der Waals surface area (Å²) in [7, 11) is 0. The number of benzene rings is 1. The van der Waals surface area contributed by atoms with Gasteiger partial charge in [0.05, 0.1) is 24.0 Å². The molecule has 0 radical (unpaired) electrons. The zero-order chi connectivity index (χ0) is 25.9. The highest BCUT2D eigenvalue weighted by molar-refractivity contribution is 7.10. The van der Waals surface area contributed by atoms with Gasteiger partial charge in [-0.15, -0.1) is 11.3 Å². The van der Waals surface area contributed by atoms with E-state index in [0.29, 0.717) is 23.3 Å². The van der Waals surface area contributed by atoms with Crippen molar-refractivity contribution < 1.29 is 14.3 Å². The minimum absolute atomic E-state index is 0.0640. The Morgan fingerprint density at radius 1 is 1.33 bits per heavy atom. The number of aromatic nitrogens is 2. The number of nitrogens with zero attached hydrogens (tertiary/aromatic N) is 4. The summed E-state index contributed by atoms with van der Waals surface area (Å²) < 4.78 is 6.90. The Balaban J connectivity index is 1.60. The summed E-state index contributed by atoms with van der Waals surface area (Å²) in [5, 5.41) is 16.5. The quantitative estimate of drug-likeness (QED) is 0.527. The Morgan fingerprint density at radius 2 is 2.08 bits per heavy atom. The fraction of sp³-hybridized carbons (Fsp3) is 0.333. The molecule has 36 heavy (non-hydrogen) atoms. The van der Waals surface area contributed by atoms with Crippen LogP contribution < -0.4 is 5.73 Å². The lowest BCUT2D eigenvalue weighted by atomic mass is 9.72. The van der Waals surface area contributed by atoms with E-state index < -0.39 is 17.7 Å². The van der Waals surface area contributed by atoms with Crippen LogP contribution in [0.2, 0.25) is 0 Å². The number of nitriles is 1. The van der Waals surface area contributed by atoms with Gasteiger partial charge in [0.1, 0.15) is 11.3 Å². The molecule has 8 nitrogen and oxygen atoms in total. The lowest BCUT2D eigenvalue weighted by molar-refractivity contribution is -0.130. The monoisotopic (exact) mass is 501 g/mol. The highest BCUT2D eigenvalue weighted by Gasteiger charge is 2.50. The highest BCUT2D eigenvalue weighted by Crippen LogP contribution is 2.46. The number of fused-ring (bicyclic) bond motifs is 2. The SMILES string of the molecule is C=C(C#N)CN1CC2=C(c3ccc4c(c3)c(-c3csc(C)c3)nn4C(=O)OC(C)(C)C)[C@H](N)C2C1=O. The summed E-state index contributed by atoms with van der Waals surface area (Å²) in [4.78, 5) is 28.6. The summed E-state index contributed by atoms with van der Waals surface area (Å²) in [5.41, 5.74) is 11.2. The maximum atomic E-state index is 13.0. The predicted molar refractivity (Wildman–Crippen MR) is 139 cm³/mol. The molecule has 1 aliphatic carbocycles. The maximum Gasteiger partial charge on any atom is 0.435 e. The normalized spacial score (nSPS) is 19.3. The topological polar surface area (TPSA) is 114 Å². The highest BCUT2D eigenvalue weighted by atomic mass is 32.1. The number of aryl methyl sites for hydroxylation is 1. The Kier molecular flexibility index (Phi) is 5.62. The van der Waals surface area contributed by atoms with Gasteiger partial charge in [0.25, 0.3) is 0 Å². The third-order valence-corrected chi connectivity index (χ3v) is 7.32. The van der Waals surface area contributed by atoms with E-state index in [1.165, 1.54) is 4.68 Å². The number of amides is 1. The van der Waals surface area contributed by atoms with Crippen molar-refractivity contribution >= 4 is 39.8 Å². The van der Waals surface area contributed by atoms with E-state index in [1.807, 2.05) is 63.4 Å². The first-order valence-electron chi connectivity index (χ1n) is 11.7. The maximum absolute atomic E-state index is 13.0. The molecule has 2 aliphatic rings. The van der Waals surface area contributed by atoms with Crippen LogP contribution in [0, 0.1) is 24.2 Å². The van der Waals surface area contributed by atoms with Crippen molar-refractivity contribution in [2.75, 3.05) is 13.1 Å². The van der Waals surface area contributed by atoms with Crippen molar-refractivity contribution in [3.05, 3.63) is 57.8 Å². The number of carbonyl (C=O) groups excluding carboxylic acids is 2. The van der Waals surface area contributed by atoms with Gasteiger partial charge < -0.3 is 15.4 Å². The summed E-state index contributed by atoms with van der Waals surface area (Å²) >= 11 is 1.61. The first kappa shape index (κ1) is 24.0. The molecule has 1 unspecified atom stereocenters. The number of hydrogen-bond donors (Lipinski definition) is 1. The molecule has 1 amide bonds. The van der Waals surface area contributed by atoms with Crippen LogP contribution in [-0.2, 0) is 9.53 Å². The van der Waals surface area contributed by atoms with Crippen LogP contribution in [0.15, 0.2) is 47.4 Å². The molecular weight excluding hydrogens is 474 g/mol. The standard InChI is InChI=1S/C27H27N5O3S/c1-14(10-28)11-31-12-19-21(23(29)22(19)25(31)33)16-6-7-20-18(9-16)24(17-8-15(2)36-13-17)30-32(20)26(34)35-27(3,4)5/h6-9,13,22-23H,1,11-12,29H2,2-5H3/t22?,23-/m0/s1. The number of rotatable bonds is 4. The van der Waals surface area contributed by atoms with Crippen molar-refractivity contribution in [2.24, 2.45) is 11.7 Å². The lowest BCUT2D eigenvalue weighted by Crippen LogP contribution is -2.44. The molecule has 1 saturated heterocycles. The average Bonchev–Trinajstić information content (AvgIpc) is 3.46. The number of ether oxygens (including phenoxy) is 1. The van der Waals surface area contributed by atoms with Crippen LogP contribution in [0.1, 0.15) is 31.2 Å². The fourth-order valence-electron chi connectivity index (χ4n) is 4.92. The molecule has 1 fully saturated rings. The Morgan fingerprint density at radius 3 is 2.72 bits per heavy atom. The molecular formula is C27H27N5O3S. The second-order valence-corrected chi connectivity index (χ2v) is 11.4. The van der Waals surface area contributed by atoms with Gasteiger partial charge in [-0.2, -0.15) is 15.0 Å². The van der Waals surface area contributed by atoms with Crippen molar-refractivity contribution in [3.63, 3.8) is 0 Å². The van der Waals surface area contributed by atoms with E-state index in [9.17, 15) is 9.59 Å². The summed E-state index contributed by atoms with van der Waals surface area (Å²) in [6.45, 7) is 11.8. The van der Waals surface area contributed by atoms with Crippen LogP contribution in [0.4, 0.5) is 4.79 Å². The summed E-state index contributed by atoms with van der Waals surface area (Å²) in [5.74, 6) is -0.434. The fourth-order valence-corrected chi connectivity index (χ4v) is 5.61. The number of hydrogen-bond acceptors (Lipinski definition) is 7. The molecule has 0 bridgehead atoms. The van der Waals surface area contributed by atoms with Crippen molar-refractivity contribution in [3.8, 4) is 17.3 Å². The third kappa shape index (κ3) is 3.92. The van der Waals surface area contributed by atoms with Crippen LogP contribution in [-0.4, -0.2) is 51.4 Å². The van der Waals surface area contributed by atoms with Crippen LogP contribution >= 0.6 is 11.3 Å². The molecule has 1 aliphatic heterocycles. The predicted octanol–water partition coefficient (Wildman–Crippen LogP) is 4.49. The Bertz CT molecular complexity index is 1510. The largest absolute Gasteiger partial charge is 0.442 e. The van der Waals surface area contributed by atoms with E-state index in [4.69, 9.17) is 15.7 Å². The van der Waals surface area contributed by atoms with Crippen molar-refractivity contribution in [1.82, 2.24) is 14.7 Å². The number of nitrogens with two attached hydrogens (primary N) is 1. The zero-order valence-electron chi connectivity index (χ0n) is 20.7. The molecule has 5 rings (SSSR count). The van der Waals surface area contributed by atoms with Crippen LogP contribution in [0.3, 0.4) is 0 Å². The summed E-state index contributed by atoms with van der Waals surface area (Å²) in [6.07, 6.45) is -0.546. The second-order valence-electron chi connectivity index (χ2n) is 10.3. The van der Waals surface area contributed by atoms with Gasteiger partial charge >= 0.3 is 6.09 Å². The Hall–Kier alpha value is -3.74. The van der Waals surface area contributed by atoms with Gasteiger partial charge in [-0.1, -0.05) is 12.6 Å². The van der Waals surface area contributed by atoms with E-state index >= 15 is 0 Å².